The molecule has 0 saturated carbocycles. The predicted octanol–water partition coefficient (Wildman–Crippen LogP) is 5.41. The minimum atomic E-state index is -0.231. The van der Waals surface area contributed by atoms with Gasteiger partial charge in [0.05, 0.1) is 0 Å². The number of hydrogen-bond acceptors (Lipinski definition) is 0. The van der Waals surface area contributed by atoms with Crippen LogP contribution in [0.15, 0.2) is 48.5 Å². The predicted molar refractivity (Wildman–Crippen MR) is 79.5 cm³/mol. The van der Waals surface area contributed by atoms with Crippen molar-refractivity contribution in [1.29, 1.82) is 0 Å². The lowest BCUT2D eigenvalue weighted by Gasteiger charge is -2.05. The van der Waals surface area contributed by atoms with Crippen LogP contribution in [0.5, 0.6) is 0 Å². The average Bonchev–Trinajstić information content (AvgIpc) is 2.39. The quantitative estimate of drug-likeness (QED) is 0.522. The highest BCUT2D eigenvalue weighted by Crippen LogP contribution is 2.24. The van der Waals surface area contributed by atoms with E-state index in [2.05, 4.69) is 15.9 Å². The zero-order valence-electron chi connectivity index (χ0n) is 9.54. The molecule has 0 aliphatic rings. The third kappa shape index (κ3) is 3.21. The molecule has 0 aliphatic heterocycles. The first-order valence-electron chi connectivity index (χ1n) is 5.47. The molecule has 0 aromatic heterocycles. The Morgan fingerprint density at radius 1 is 1.11 bits per heavy atom. The maximum Gasteiger partial charge on any atom is 0.123 e. The molecule has 0 amide bonds. The summed E-state index contributed by atoms with van der Waals surface area (Å²) in [5.41, 5.74) is 2.99. The van der Waals surface area contributed by atoms with Crippen LogP contribution in [-0.4, -0.2) is 5.33 Å². The van der Waals surface area contributed by atoms with Gasteiger partial charge in [-0.3, -0.25) is 0 Å². The van der Waals surface area contributed by atoms with Gasteiger partial charge in [0.2, 0.25) is 0 Å². The number of rotatable bonds is 3. The van der Waals surface area contributed by atoms with E-state index >= 15 is 0 Å². The zero-order valence-corrected chi connectivity index (χ0v) is 11.9. The second-order valence-electron chi connectivity index (χ2n) is 3.83. The Morgan fingerprint density at radius 3 is 2.39 bits per heavy atom. The van der Waals surface area contributed by atoms with Crippen molar-refractivity contribution in [3.05, 3.63) is 70.5 Å². The topological polar surface area (TPSA) is 0 Å². The van der Waals surface area contributed by atoms with Crippen molar-refractivity contribution in [2.45, 2.75) is 0 Å². The Balaban J connectivity index is 2.40. The molecule has 0 N–H and O–H groups in total. The summed E-state index contributed by atoms with van der Waals surface area (Å²) in [6.07, 6.45) is 2.00. The fraction of sp³-hybridized carbons (Fsp3) is 0.0667. The molecule has 0 saturated heterocycles. The van der Waals surface area contributed by atoms with Crippen molar-refractivity contribution < 1.29 is 4.39 Å². The van der Waals surface area contributed by atoms with Crippen LogP contribution in [0.3, 0.4) is 0 Å². The summed E-state index contributed by atoms with van der Waals surface area (Å²) < 4.78 is 12.9. The van der Waals surface area contributed by atoms with E-state index in [1.54, 1.807) is 12.1 Å². The molecule has 0 aliphatic carbocycles. The minimum Gasteiger partial charge on any atom is -0.207 e. The van der Waals surface area contributed by atoms with Gasteiger partial charge in [-0.15, -0.1) is 0 Å². The SMILES string of the molecule is Fc1ccc(/C(=C\c2ccccc2Cl)CBr)cc1. The van der Waals surface area contributed by atoms with Gasteiger partial charge in [0.15, 0.2) is 0 Å². The summed E-state index contributed by atoms with van der Waals surface area (Å²) in [7, 11) is 0. The molecule has 0 radical (unpaired) electrons. The van der Waals surface area contributed by atoms with E-state index in [9.17, 15) is 4.39 Å². The summed E-state index contributed by atoms with van der Waals surface area (Å²) >= 11 is 9.57. The molecule has 0 fully saturated rings. The zero-order chi connectivity index (χ0) is 13.0. The van der Waals surface area contributed by atoms with Gasteiger partial charge >= 0.3 is 0 Å². The number of allylic oxidation sites excluding steroid dienone is 1. The summed E-state index contributed by atoms with van der Waals surface area (Å²) in [6.45, 7) is 0. The molecule has 2 aromatic rings. The largest absolute Gasteiger partial charge is 0.207 e. The highest BCUT2D eigenvalue weighted by molar-refractivity contribution is 9.09. The molecule has 0 spiro atoms. The third-order valence-electron chi connectivity index (χ3n) is 2.59. The first kappa shape index (κ1) is 13.3. The molecule has 92 valence electrons. The summed E-state index contributed by atoms with van der Waals surface area (Å²) in [6, 6.07) is 14.1. The molecule has 0 heterocycles. The molecule has 0 unspecified atom stereocenters. The van der Waals surface area contributed by atoms with Crippen LogP contribution in [0.2, 0.25) is 5.02 Å². The Labute approximate surface area is 119 Å². The van der Waals surface area contributed by atoms with Crippen molar-refractivity contribution in [2.24, 2.45) is 0 Å². The number of alkyl halides is 1. The molecular formula is C15H11BrClF. The van der Waals surface area contributed by atoms with Crippen LogP contribution >= 0.6 is 27.5 Å². The van der Waals surface area contributed by atoms with Crippen molar-refractivity contribution in [3.8, 4) is 0 Å². The number of hydrogen-bond donors (Lipinski definition) is 0. The monoisotopic (exact) mass is 324 g/mol. The van der Waals surface area contributed by atoms with E-state index in [1.807, 2.05) is 30.3 Å². The summed E-state index contributed by atoms with van der Waals surface area (Å²) in [4.78, 5) is 0. The lowest BCUT2D eigenvalue weighted by atomic mass is 10.0. The Bertz CT molecular complexity index is 561. The van der Waals surface area contributed by atoms with Crippen LogP contribution in [0.1, 0.15) is 11.1 Å². The highest BCUT2D eigenvalue weighted by atomic mass is 79.9. The summed E-state index contributed by atoms with van der Waals surface area (Å²) in [5.74, 6) is -0.231. The van der Waals surface area contributed by atoms with Crippen molar-refractivity contribution in [2.75, 3.05) is 5.33 Å². The maximum atomic E-state index is 12.9. The van der Waals surface area contributed by atoms with Crippen molar-refractivity contribution >= 4 is 39.2 Å². The molecule has 0 bridgehead atoms. The average molecular weight is 326 g/mol. The molecule has 2 aromatic carbocycles. The third-order valence-corrected chi connectivity index (χ3v) is 3.54. The van der Waals surface area contributed by atoms with Gasteiger partial charge in [0, 0.05) is 10.4 Å². The normalized spacial score (nSPS) is 11.6. The van der Waals surface area contributed by atoms with E-state index in [-0.39, 0.29) is 5.82 Å². The van der Waals surface area contributed by atoms with E-state index in [0.29, 0.717) is 10.4 Å². The minimum absolute atomic E-state index is 0.231. The lowest BCUT2D eigenvalue weighted by Crippen LogP contribution is -1.87. The van der Waals surface area contributed by atoms with Crippen LogP contribution in [-0.2, 0) is 0 Å². The Kier molecular flexibility index (Phi) is 4.56. The second-order valence-corrected chi connectivity index (χ2v) is 4.80. The van der Waals surface area contributed by atoms with E-state index in [4.69, 9.17) is 11.6 Å². The molecule has 2 rings (SSSR count). The van der Waals surface area contributed by atoms with Crippen LogP contribution in [0.25, 0.3) is 11.6 Å². The van der Waals surface area contributed by atoms with Gasteiger partial charge in [0.1, 0.15) is 5.82 Å². The molecule has 18 heavy (non-hydrogen) atoms. The molecule has 0 atom stereocenters. The number of benzene rings is 2. The fourth-order valence-corrected chi connectivity index (χ4v) is 2.32. The van der Waals surface area contributed by atoms with E-state index in [1.165, 1.54) is 12.1 Å². The van der Waals surface area contributed by atoms with Gasteiger partial charge in [0.25, 0.3) is 0 Å². The van der Waals surface area contributed by atoms with Gasteiger partial charge in [-0.1, -0.05) is 57.9 Å². The summed E-state index contributed by atoms with van der Waals surface area (Å²) in [5, 5.41) is 1.39. The van der Waals surface area contributed by atoms with Crippen LogP contribution in [0.4, 0.5) is 4.39 Å². The van der Waals surface area contributed by atoms with Crippen LogP contribution < -0.4 is 0 Å². The van der Waals surface area contributed by atoms with Crippen molar-refractivity contribution in [1.82, 2.24) is 0 Å². The molecule has 3 heteroatoms. The Hall–Kier alpha value is -1.12. The maximum absolute atomic E-state index is 12.9. The highest BCUT2D eigenvalue weighted by Gasteiger charge is 2.03. The fourth-order valence-electron chi connectivity index (χ4n) is 1.64. The van der Waals surface area contributed by atoms with Gasteiger partial charge in [-0.25, -0.2) is 4.39 Å². The smallest absolute Gasteiger partial charge is 0.123 e. The molecular weight excluding hydrogens is 315 g/mol. The number of halogens is 3. The Morgan fingerprint density at radius 2 is 1.78 bits per heavy atom. The van der Waals surface area contributed by atoms with Gasteiger partial charge in [-0.05, 0) is 41.0 Å². The van der Waals surface area contributed by atoms with Gasteiger partial charge < -0.3 is 0 Å². The standard InChI is InChI=1S/C15H11BrClF/c16-10-13(11-5-7-14(18)8-6-11)9-12-3-1-2-4-15(12)17/h1-9H,10H2/b13-9-. The van der Waals surface area contributed by atoms with E-state index < -0.39 is 0 Å². The molecule has 0 nitrogen and oxygen atoms in total. The van der Waals surface area contributed by atoms with Crippen LogP contribution in [0, 0.1) is 5.82 Å². The van der Waals surface area contributed by atoms with E-state index in [0.717, 1.165) is 16.7 Å². The van der Waals surface area contributed by atoms with Gasteiger partial charge in [-0.2, -0.15) is 0 Å². The first-order chi connectivity index (χ1) is 8.70. The van der Waals surface area contributed by atoms with Crippen molar-refractivity contribution in [3.63, 3.8) is 0 Å². The first-order valence-corrected chi connectivity index (χ1v) is 6.97. The lowest BCUT2D eigenvalue weighted by molar-refractivity contribution is 0.627. The second kappa shape index (κ2) is 6.17.